The fourth-order valence-corrected chi connectivity index (χ4v) is 2.02. The zero-order valence-electron chi connectivity index (χ0n) is 8.88. The molecule has 14 heavy (non-hydrogen) atoms. The van der Waals surface area contributed by atoms with Crippen molar-refractivity contribution in [1.29, 1.82) is 0 Å². The second-order valence-electron chi connectivity index (χ2n) is 4.00. The molecule has 80 valence electrons. The summed E-state index contributed by atoms with van der Waals surface area (Å²) in [5, 5.41) is 0. The Balaban J connectivity index is 2.64. The number of hydrogen-bond acceptors (Lipinski definition) is 2. The van der Waals surface area contributed by atoms with Crippen LogP contribution < -0.4 is 5.73 Å². The molecule has 2 N–H and O–H groups in total. The number of rotatable bonds is 2. The Hall–Kier alpha value is -1.06. The highest BCUT2D eigenvalue weighted by molar-refractivity contribution is 5.81. The third kappa shape index (κ3) is 1.89. The molecule has 0 aromatic rings. The summed E-state index contributed by atoms with van der Waals surface area (Å²) in [4.78, 5) is 24.2. The predicted octanol–water partition coefficient (Wildman–Crippen LogP) is 0.510. The molecule has 1 saturated heterocycles. The number of carbonyl (C=O) groups excluding carboxylic acids is 2. The summed E-state index contributed by atoms with van der Waals surface area (Å²) in [6.45, 7) is 4.86. The summed E-state index contributed by atoms with van der Waals surface area (Å²) < 4.78 is 0. The Morgan fingerprint density at radius 2 is 1.86 bits per heavy atom. The van der Waals surface area contributed by atoms with Gasteiger partial charge in [-0.25, -0.2) is 0 Å². The first kappa shape index (κ1) is 11.0. The van der Waals surface area contributed by atoms with E-state index in [1.54, 1.807) is 11.8 Å². The largest absolute Gasteiger partial charge is 0.369 e. The van der Waals surface area contributed by atoms with Gasteiger partial charge in [-0.2, -0.15) is 0 Å². The van der Waals surface area contributed by atoms with Crippen LogP contribution in [-0.2, 0) is 9.59 Å². The predicted molar refractivity (Wildman–Crippen MR) is 53.4 cm³/mol. The van der Waals surface area contributed by atoms with Crippen LogP contribution in [0.3, 0.4) is 0 Å². The summed E-state index contributed by atoms with van der Waals surface area (Å²) in [6.07, 6.45) is 2.19. The highest BCUT2D eigenvalue weighted by Crippen LogP contribution is 2.34. The summed E-state index contributed by atoms with van der Waals surface area (Å²) in [7, 11) is 0. The molecule has 0 unspecified atom stereocenters. The second kappa shape index (κ2) is 3.98. The molecule has 0 bridgehead atoms. The minimum absolute atomic E-state index is 0.0826. The Morgan fingerprint density at radius 1 is 1.36 bits per heavy atom. The normalized spacial score (nSPS) is 20.6. The fraction of sp³-hybridized carbons (Fsp3) is 0.800. The number of nitrogens with zero attached hydrogens (tertiary/aromatic N) is 1. The Bertz CT molecular complexity index is 243. The van der Waals surface area contributed by atoms with Gasteiger partial charge < -0.3 is 10.6 Å². The first-order chi connectivity index (χ1) is 6.52. The third-order valence-electron chi connectivity index (χ3n) is 3.37. The quantitative estimate of drug-likeness (QED) is 0.702. The zero-order valence-corrected chi connectivity index (χ0v) is 8.88. The highest BCUT2D eigenvalue weighted by atomic mass is 16.2. The van der Waals surface area contributed by atoms with Crippen LogP contribution in [0.5, 0.6) is 0 Å². The number of nitrogens with two attached hydrogens (primary N) is 1. The monoisotopic (exact) mass is 198 g/mol. The lowest BCUT2D eigenvalue weighted by Crippen LogP contribution is -2.48. The maximum atomic E-state index is 11.3. The third-order valence-corrected chi connectivity index (χ3v) is 3.37. The molecule has 0 aromatic heterocycles. The average Bonchev–Trinajstić information content (AvgIpc) is 2.17. The highest BCUT2D eigenvalue weighted by Gasteiger charge is 2.38. The summed E-state index contributed by atoms with van der Waals surface area (Å²) in [5.74, 6) is -0.137. The van der Waals surface area contributed by atoms with Crippen molar-refractivity contribution in [3.05, 3.63) is 0 Å². The van der Waals surface area contributed by atoms with Gasteiger partial charge in [-0.3, -0.25) is 9.59 Å². The first-order valence-corrected chi connectivity index (χ1v) is 5.07. The molecule has 2 amide bonds. The van der Waals surface area contributed by atoms with E-state index < -0.39 is 0 Å². The molecular formula is C10H18N2O2. The smallest absolute Gasteiger partial charge is 0.223 e. The van der Waals surface area contributed by atoms with E-state index in [4.69, 9.17) is 5.73 Å². The average molecular weight is 198 g/mol. The number of primary amides is 1. The molecule has 0 saturated carbocycles. The Kier molecular flexibility index (Phi) is 3.13. The van der Waals surface area contributed by atoms with Gasteiger partial charge in [0.1, 0.15) is 0 Å². The molecule has 0 aliphatic carbocycles. The van der Waals surface area contributed by atoms with Crippen LogP contribution in [0.25, 0.3) is 0 Å². The molecule has 1 aliphatic rings. The van der Waals surface area contributed by atoms with Gasteiger partial charge in [0.2, 0.25) is 11.8 Å². The van der Waals surface area contributed by atoms with E-state index in [0.29, 0.717) is 25.9 Å². The number of hydrogen-bond donors (Lipinski definition) is 1. The van der Waals surface area contributed by atoms with Gasteiger partial charge in [0.05, 0.1) is 5.41 Å². The van der Waals surface area contributed by atoms with E-state index in [1.807, 2.05) is 6.92 Å². The van der Waals surface area contributed by atoms with Crippen LogP contribution in [0.15, 0.2) is 0 Å². The molecule has 1 heterocycles. The molecule has 0 atom stereocenters. The molecule has 0 spiro atoms. The van der Waals surface area contributed by atoms with E-state index in [2.05, 4.69) is 0 Å². The number of carbonyl (C=O) groups is 2. The van der Waals surface area contributed by atoms with Crippen LogP contribution in [0.1, 0.15) is 33.1 Å². The summed E-state index contributed by atoms with van der Waals surface area (Å²) in [5.41, 5.74) is 5.02. The summed E-state index contributed by atoms with van der Waals surface area (Å²) in [6, 6.07) is 0. The van der Waals surface area contributed by atoms with Crippen LogP contribution in [0.2, 0.25) is 0 Å². The second-order valence-corrected chi connectivity index (χ2v) is 4.00. The van der Waals surface area contributed by atoms with E-state index in [-0.39, 0.29) is 17.2 Å². The SMILES string of the molecule is CCC1(C(N)=O)CCN(C(C)=O)CC1. The molecular weight excluding hydrogens is 180 g/mol. The van der Waals surface area contributed by atoms with Crippen molar-refractivity contribution in [2.24, 2.45) is 11.1 Å². The fourth-order valence-electron chi connectivity index (χ4n) is 2.02. The van der Waals surface area contributed by atoms with Crippen LogP contribution in [-0.4, -0.2) is 29.8 Å². The molecule has 1 aliphatic heterocycles. The lowest BCUT2D eigenvalue weighted by molar-refractivity contribution is -0.137. The van der Waals surface area contributed by atoms with Gasteiger partial charge in [-0.15, -0.1) is 0 Å². The maximum Gasteiger partial charge on any atom is 0.223 e. The van der Waals surface area contributed by atoms with Crippen LogP contribution in [0, 0.1) is 5.41 Å². The van der Waals surface area contributed by atoms with E-state index >= 15 is 0 Å². The minimum atomic E-state index is -0.369. The van der Waals surface area contributed by atoms with E-state index in [0.717, 1.165) is 6.42 Å². The maximum absolute atomic E-state index is 11.3. The van der Waals surface area contributed by atoms with Crippen molar-refractivity contribution in [2.45, 2.75) is 33.1 Å². The lowest BCUT2D eigenvalue weighted by Gasteiger charge is -2.38. The van der Waals surface area contributed by atoms with Crippen molar-refractivity contribution in [2.75, 3.05) is 13.1 Å². The molecule has 1 rings (SSSR count). The van der Waals surface area contributed by atoms with Gasteiger partial charge in [0, 0.05) is 20.0 Å². The number of amides is 2. The first-order valence-electron chi connectivity index (χ1n) is 5.07. The van der Waals surface area contributed by atoms with Crippen LogP contribution >= 0.6 is 0 Å². The molecule has 0 radical (unpaired) electrons. The molecule has 0 aromatic carbocycles. The van der Waals surface area contributed by atoms with Crippen LogP contribution in [0.4, 0.5) is 0 Å². The number of piperidine rings is 1. The van der Waals surface area contributed by atoms with Gasteiger partial charge in [0.15, 0.2) is 0 Å². The molecule has 4 nitrogen and oxygen atoms in total. The van der Waals surface area contributed by atoms with E-state index in [9.17, 15) is 9.59 Å². The van der Waals surface area contributed by atoms with Gasteiger partial charge in [-0.1, -0.05) is 6.92 Å². The lowest BCUT2D eigenvalue weighted by atomic mass is 9.75. The van der Waals surface area contributed by atoms with Gasteiger partial charge >= 0.3 is 0 Å². The molecule has 4 heteroatoms. The van der Waals surface area contributed by atoms with Crippen molar-refractivity contribution in [3.8, 4) is 0 Å². The minimum Gasteiger partial charge on any atom is -0.369 e. The molecule has 1 fully saturated rings. The van der Waals surface area contributed by atoms with Crippen molar-refractivity contribution >= 4 is 11.8 Å². The van der Waals surface area contributed by atoms with Gasteiger partial charge in [-0.05, 0) is 19.3 Å². The standard InChI is InChI=1S/C10H18N2O2/c1-3-10(9(11)14)4-6-12(7-5-10)8(2)13/h3-7H2,1-2H3,(H2,11,14). The Labute approximate surface area is 84.4 Å². The zero-order chi connectivity index (χ0) is 10.8. The number of likely N-dealkylation sites (tertiary alicyclic amines) is 1. The summed E-state index contributed by atoms with van der Waals surface area (Å²) >= 11 is 0. The van der Waals surface area contributed by atoms with Gasteiger partial charge in [0.25, 0.3) is 0 Å². The van der Waals surface area contributed by atoms with Crippen molar-refractivity contribution < 1.29 is 9.59 Å². The topological polar surface area (TPSA) is 63.4 Å². The van der Waals surface area contributed by atoms with E-state index in [1.165, 1.54) is 0 Å². The van der Waals surface area contributed by atoms with Crippen molar-refractivity contribution in [1.82, 2.24) is 4.90 Å². The van der Waals surface area contributed by atoms with Crippen molar-refractivity contribution in [3.63, 3.8) is 0 Å². The Morgan fingerprint density at radius 3 is 2.14 bits per heavy atom.